The van der Waals surface area contributed by atoms with Crippen molar-refractivity contribution >= 4 is 15.9 Å². The monoisotopic (exact) mass is 445 g/mol. The van der Waals surface area contributed by atoms with Crippen LogP contribution in [0.3, 0.4) is 0 Å². The van der Waals surface area contributed by atoms with Gasteiger partial charge >= 0.3 is 0 Å². The number of hydrogen-bond acceptors (Lipinski definition) is 5. The molecule has 2 heterocycles. The minimum absolute atomic E-state index is 0.0247. The van der Waals surface area contributed by atoms with Gasteiger partial charge in [0.25, 0.3) is 0 Å². The van der Waals surface area contributed by atoms with Crippen molar-refractivity contribution in [3.05, 3.63) is 46.8 Å². The van der Waals surface area contributed by atoms with Gasteiger partial charge in [-0.15, -0.1) is 0 Å². The van der Waals surface area contributed by atoms with Gasteiger partial charge in [0.15, 0.2) is 0 Å². The van der Waals surface area contributed by atoms with Crippen molar-refractivity contribution < 1.29 is 17.7 Å². The molecule has 0 spiro atoms. The second kappa shape index (κ2) is 9.12. The van der Waals surface area contributed by atoms with Crippen LogP contribution in [0, 0.1) is 13.8 Å². The number of carbonyl (C=O) groups is 1. The summed E-state index contributed by atoms with van der Waals surface area (Å²) in [4.78, 5) is 14.7. The molecule has 0 unspecified atom stereocenters. The summed E-state index contributed by atoms with van der Waals surface area (Å²) in [5, 5.41) is 3.89. The van der Waals surface area contributed by atoms with Gasteiger partial charge in [-0.1, -0.05) is 36.6 Å². The highest BCUT2D eigenvalue weighted by molar-refractivity contribution is 7.89. The number of sulfonamides is 1. The Balaban J connectivity index is 1.36. The Bertz CT molecular complexity index is 996. The van der Waals surface area contributed by atoms with Gasteiger partial charge in [0, 0.05) is 31.7 Å². The fraction of sp³-hybridized carbons (Fsp3) is 0.565. The lowest BCUT2D eigenvalue weighted by Gasteiger charge is -2.34. The molecule has 1 saturated heterocycles. The first kappa shape index (κ1) is 22.0. The lowest BCUT2D eigenvalue weighted by Crippen LogP contribution is -2.50. The molecule has 7 nitrogen and oxygen atoms in total. The molecule has 1 aromatic heterocycles. The van der Waals surface area contributed by atoms with Gasteiger partial charge in [-0.3, -0.25) is 4.79 Å². The molecule has 1 aromatic carbocycles. The molecule has 8 heteroatoms. The van der Waals surface area contributed by atoms with Crippen LogP contribution in [0.25, 0.3) is 0 Å². The number of nitrogens with zero attached hydrogens (tertiary/aromatic N) is 3. The quantitative estimate of drug-likeness (QED) is 0.704. The highest BCUT2D eigenvalue weighted by Gasteiger charge is 2.31. The summed E-state index contributed by atoms with van der Waals surface area (Å²) in [5.41, 5.74) is 2.79. The van der Waals surface area contributed by atoms with Gasteiger partial charge in [-0.05, 0) is 50.3 Å². The molecule has 4 rings (SSSR count). The van der Waals surface area contributed by atoms with Crippen LogP contribution in [0.1, 0.15) is 60.6 Å². The van der Waals surface area contributed by atoms with E-state index in [1.54, 1.807) is 24.0 Å². The maximum Gasteiger partial charge on any atom is 0.243 e. The molecular formula is C23H31N3O4S. The smallest absolute Gasteiger partial charge is 0.243 e. The maximum atomic E-state index is 13.1. The van der Waals surface area contributed by atoms with E-state index >= 15 is 0 Å². The Morgan fingerprint density at radius 2 is 1.68 bits per heavy atom. The van der Waals surface area contributed by atoms with Crippen molar-refractivity contribution in [3.8, 4) is 0 Å². The van der Waals surface area contributed by atoms with Crippen molar-refractivity contribution in [3.63, 3.8) is 0 Å². The second-order valence-electron chi connectivity index (χ2n) is 8.67. The average molecular weight is 446 g/mol. The summed E-state index contributed by atoms with van der Waals surface area (Å²) in [6.07, 6.45) is 6.42. The van der Waals surface area contributed by atoms with Crippen molar-refractivity contribution in [2.75, 3.05) is 26.2 Å². The Kier molecular flexibility index (Phi) is 6.48. The van der Waals surface area contributed by atoms with Crippen LogP contribution in [0.4, 0.5) is 0 Å². The summed E-state index contributed by atoms with van der Waals surface area (Å²) >= 11 is 0. The van der Waals surface area contributed by atoms with E-state index in [0.717, 1.165) is 11.3 Å². The summed E-state index contributed by atoms with van der Waals surface area (Å²) in [5.74, 6) is 1.18. The normalized spacial score (nSPS) is 19.0. The van der Waals surface area contributed by atoms with E-state index in [9.17, 15) is 13.2 Å². The summed E-state index contributed by atoms with van der Waals surface area (Å²) in [6.45, 7) is 5.01. The van der Waals surface area contributed by atoms with Gasteiger partial charge in [-0.25, -0.2) is 8.42 Å². The predicted octanol–water partition coefficient (Wildman–Crippen LogP) is 3.41. The molecule has 0 N–H and O–H groups in total. The highest BCUT2D eigenvalue weighted by Crippen LogP contribution is 2.33. The Morgan fingerprint density at radius 1 is 1.03 bits per heavy atom. The van der Waals surface area contributed by atoms with Gasteiger partial charge in [0.1, 0.15) is 5.76 Å². The lowest BCUT2D eigenvalue weighted by molar-refractivity contribution is -0.131. The van der Waals surface area contributed by atoms with Crippen LogP contribution in [0.5, 0.6) is 0 Å². The molecule has 0 atom stereocenters. The number of rotatable bonds is 5. The number of aromatic nitrogens is 1. The molecule has 31 heavy (non-hydrogen) atoms. The van der Waals surface area contributed by atoms with Crippen molar-refractivity contribution in [2.45, 2.75) is 63.2 Å². The summed E-state index contributed by atoms with van der Waals surface area (Å²) in [7, 11) is -3.55. The van der Waals surface area contributed by atoms with Crippen LogP contribution >= 0.6 is 0 Å². The molecule has 1 amide bonds. The van der Waals surface area contributed by atoms with E-state index in [0.29, 0.717) is 42.8 Å². The third-order valence-corrected chi connectivity index (χ3v) is 8.61. The molecule has 1 aliphatic carbocycles. The number of piperazine rings is 1. The van der Waals surface area contributed by atoms with E-state index in [2.05, 4.69) is 5.16 Å². The van der Waals surface area contributed by atoms with Crippen LogP contribution < -0.4 is 0 Å². The Hall–Kier alpha value is -2.19. The third kappa shape index (κ3) is 4.70. The molecule has 2 fully saturated rings. The van der Waals surface area contributed by atoms with Gasteiger partial charge in [0.05, 0.1) is 17.0 Å². The minimum Gasteiger partial charge on any atom is -0.361 e. The second-order valence-corrected chi connectivity index (χ2v) is 10.6. The van der Waals surface area contributed by atoms with Crippen molar-refractivity contribution in [1.82, 2.24) is 14.4 Å². The van der Waals surface area contributed by atoms with Crippen LogP contribution in [0.15, 0.2) is 33.7 Å². The summed E-state index contributed by atoms with van der Waals surface area (Å²) < 4.78 is 32.8. The van der Waals surface area contributed by atoms with Crippen molar-refractivity contribution in [1.29, 1.82) is 0 Å². The minimum atomic E-state index is -3.55. The van der Waals surface area contributed by atoms with Crippen LogP contribution in [-0.4, -0.2) is 54.9 Å². The summed E-state index contributed by atoms with van der Waals surface area (Å²) in [6, 6.07) is 7.45. The Morgan fingerprint density at radius 3 is 2.26 bits per heavy atom. The number of amides is 1. The fourth-order valence-electron chi connectivity index (χ4n) is 4.69. The zero-order chi connectivity index (χ0) is 22.0. The first-order valence-corrected chi connectivity index (χ1v) is 12.6. The molecule has 2 aromatic rings. The van der Waals surface area contributed by atoms with E-state index < -0.39 is 10.0 Å². The number of aryl methyl sites for hydroxylation is 2. The highest BCUT2D eigenvalue weighted by atomic mass is 32.2. The van der Waals surface area contributed by atoms with Gasteiger partial charge in [0.2, 0.25) is 15.9 Å². The van der Waals surface area contributed by atoms with E-state index in [-0.39, 0.29) is 12.3 Å². The van der Waals surface area contributed by atoms with Gasteiger partial charge < -0.3 is 9.42 Å². The van der Waals surface area contributed by atoms with E-state index in [1.807, 2.05) is 19.1 Å². The largest absolute Gasteiger partial charge is 0.361 e. The average Bonchev–Trinajstić information content (AvgIpc) is 3.12. The lowest BCUT2D eigenvalue weighted by atomic mass is 9.84. The first-order valence-electron chi connectivity index (χ1n) is 11.2. The maximum absolute atomic E-state index is 13.1. The molecule has 0 radical (unpaired) electrons. The SMILES string of the molecule is Cc1noc(C)c1CC(=O)N1CCN(S(=O)(=O)c2ccc(C3CCCCC3)cc2)CC1. The molecule has 168 valence electrons. The zero-order valence-electron chi connectivity index (χ0n) is 18.3. The molecule has 2 aliphatic rings. The van der Waals surface area contributed by atoms with E-state index in [1.165, 1.54) is 42.0 Å². The first-order chi connectivity index (χ1) is 14.9. The predicted molar refractivity (Wildman–Crippen MR) is 117 cm³/mol. The number of hydrogen-bond donors (Lipinski definition) is 0. The third-order valence-electron chi connectivity index (χ3n) is 6.70. The molecule has 1 saturated carbocycles. The number of carbonyl (C=O) groups excluding carboxylic acids is 1. The molecular weight excluding hydrogens is 414 g/mol. The molecule has 1 aliphatic heterocycles. The van der Waals surface area contributed by atoms with Crippen molar-refractivity contribution in [2.24, 2.45) is 0 Å². The van der Waals surface area contributed by atoms with E-state index in [4.69, 9.17) is 4.52 Å². The van der Waals surface area contributed by atoms with Gasteiger partial charge in [-0.2, -0.15) is 4.31 Å². The Labute approximate surface area is 184 Å². The molecule has 0 bridgehead atoms. The fourth-order valence-corrected chi connectivity index (χ4v) is 6.11. The number of benzene rings is 1. The zero-order valence-corrected chi connectivity index (χ0v) is 19.2. The standard InChI is InChI=1S/C23H31N3O4S/c1-17-22(18(2)30-24-17)16-23(27)25-12-14-26(15-13-25)31(28,29)21-10-8-20(9-11-21)19-6-4-3-5-7-19/h8-11,19H,3-7,12-16H2,1-2H3. The topological polar surface area (TPSA) is 83.7 Å². The van der Waals surface area contributed by atoms with Crippen LogP contribution in [0.2, 0.25) is 0 Å². The van der Waals surface area contributed by atoms with Crippen LogP contribution in [-0.2, 0) is 21.2 Å².